The number of carbonyl (C=O) groups excluding carboxylic acids is 1. The van der Waals surface area contributed by atoms with E-state index in [1.807, 2.05) is 31.2 Å². The first kappa shape index (κ1) is 8.53. The molecule has 0 amide bonds. The minimum Gasteiger partial charge on any atom is -0.505 e. The molecule has 0 aliphatic rings. The molecule has 0 unspecified atom stereocenters. The molecule has 62 valence electrons. The molecule has 12 heavy (non-hydrogen) atoms. The number of aryl methyl sites for hydroxylation is 1. The quantitative estimate of drug-likeness (QED) is 0.410. The first-order valence-electron chi connectivity index (χ1n) is 3.65. The lowest BCUT2D eigenvalue weighted by Gasteiger charge is -1.94. The van der Waals surface area contributed by atoms with E-state index < -0.39 is 0 Å². The van der Waals surface area contributed by atoms with E-state index in [1.54, 1.807) is 0 Å². The second-order valence-electron chi connectivity index (χ2n) is 2.60. The fourth-order valence-corrected chi connectivity index (χ4v) is 0.867. The summed E-state index contributed by atoms with van der Waals surface area (Å²) in [5.41, 5.74) is 1.97. The number of rotatable bonds is 2. The summed E-state index contributed by atoms with van der Waals surface area (Å²) in [6.45, 7) is 1.98. The number of allylic oxidation sites excluding steroid dienone is 1. The van der Waals surface area contributed by atoms with Crippen molar-refractivity contribution in [2.24, 2.45) is 0 Å². The SMILES string of the molecule is Cc1ccc(/C=C(/O)C=O)cc1. The smallest absolute Gasteiger partial charge is 0.184 e. The molecule has 1 aromatic carbocycles. The van der Waals surface area contributed by atoms with Crippen molar-refractivity contribution in [3.8, 4) is 0 Å². The predicted molar refractivity (Wildman–Crippen MR) is 47.8 cm³/mol. The lowest BCUT2D eigenvalue weighted by molar-refractivity contribution is -0.106. The molecular formula is C10H10O2. The highest BCUT2D eigenvalue weighted by Gasteiger charge is 1.90. The maximum atomic E-state index is 10.1. The summed E-state index contributed by atoms with van der Waals surface area (Å²) in [5.74, 6) is -0.251. The minimum absolute atomic E-state index is 0.251. The van der Waals surface area contributed by atoms with Crippen molar-refractivity contribution >= 4 is 12.4 Å². The highest BCUT2D eigenvalue weighted by molar-refractivity contribution is 5.78. The number of carbonyl (C=O) groups is 1. The number of hydrogen-bond donors (Lipinski definition) is 1. The van der Waals surface area contributed by atoms with Crippen LogP contribution in [-0.2, 0) is 4.79 Å². The van der Waals surface area contributed by atoms with Crippen LogP contribution in [0.2, 0.25) is 0 Å². The second-order valence-corrected chi connectivity index (χ2v) is 2.60. The molecule has 0 heterocycles. The van der Waals surface area contributed by atoms with Crippen LogP contribution in [0.5, 0.6) is 0 Å². The van der Waals surface area contributed by atoms with Crippen LogP contribution in [0.3, 0.4) is 0 Å². The van der Waals surface area contributed by atoms with Gasteiger partial charge >= 0.3 is 0 Å². The standard InChI is InChI=1S/C10H10O2/c1-8-2-4-9(5-3-8)6-10(12)7-11/h2-7,12H,1H3/b10-6+. The topological polar surface area (TPSA) is 37.3 Å². The van der Waals surface area contributed by atoms with Crippen LogP contribution < -0.4 is 0 Å². The van der Waals surface area contributed by atoms with Crippen molar-refractivity contribution in [3.05, 3.63) is 41.2 Å². The Bertz CT molecular complexity index is 296. The molecule has 0 atom stereocenters. The molecule has 0 aromatic heterocycles. The Hall–Kier alpha value is -1.57. The Kier molecular flexibility index (Phi) is 2.64. The van der Waals surface area contributed by atoms with E-state index in [-0.39, 0.29) is 5.76 Å². The molecule has 0 spiro atoms. The van der Waals surface area contributed by atoms with Crippen molar-refractivity contribution in [1.82, 2.24) is 0 Å². The van der Waals surface area contributed by atoms with Gasteiger partial charge in [0, 0.05) is 0 Å². The summed E-state index contributed by atoms with van der Waals surface area (Å²) in [5, 5.41) is 8.87. The van der Waals surface area contributed by atoms with Gasteiger partial charge in [0.1, 0.15) is 0 Å². The highest BCUT2D eigenvalue weighted by Crippen LogP contribution is 2.05. The van der Waals surface area contributed by atoms with Gasteiger partial charge in [-0.05, 0) is 18.6 Å². The van der Waals surface area contributed by atoms with E-state index in [0.717, 1.165) is 11.1 Å². The van der Waals surface area contributed by atoms with E-state index in [4.69, 9.17) is 5.11 Å². The van der Waals surface area contributed by atoms with Crippen molar-refractivity contribution in [2.75, 3.05) is 0 Å². The fourth-order valence-electron chi connectivity index (χ4n) is 0.867. The molecule has 1 rings (SSSR count). The van der Waals surface area contributed by atoms with Gasteiger partial charge in [-0.15, -0.1) is 0 Å². The third-order valence-corrected chi connectivity index (χ3v) is 1.51. The van der Waals surface area contributed by atoms with E-state index in [1.165, 1.54) is 6.08 Å². The van der Waals surface area contributed by atoms with Crippen LogP contribution in [0.25, 0.3) is 6.08 Å². The third kappa shape index (κ3) is 2.23. The monoisotopic (exact) mass is 162 g/mol. The number of benzene rings is 1. The van der Waals surface area contributed by atoms with Crippen molar-refractivity contribution in [3.63, 3.8) is 0 Å². The third-order valence-electron chi connectivity index (χ3n) is 1.51. The van der Waals surface area contributed by atoms with Gasteiger partial charge in [0.15, 0.2) is 12.0 Å². The van der Waals surface area contributed by atoms with Crippen LogP contribution in [0, 0.1) is 6.92 Å². The van der Waals surface area contributed by atoms with Crippen molar-refractivity contribution < 1.29 is 9.90 Å². The van der Waals surface area contributed by atoms with E-state index in [9.17, 15) is 4.79 Å². The van der Waals surface area contributed by atoms with Gasteiger partial charge in [0.05, 0.1) is 0 Å². The van der Waals surface area contributed by atoms with E-state index >= 15 is 0 Å². The summed E-state index contributed by atoms with van der Waals surface area (Å²) in [6.07, 6.45) is 1.84. The van der Waals surface area contributed by atoms with E-state index in [0.29, 0.717) is 6.29 Å². The molecule has 0 saturated heterocycles. The van der Waals surface area contributed by atoms with Gasteiger partial charge < -0.3 is 5.11 Å². The van der Waals surface area contributed by atoms with Gasteiger partial charge in [-0.2, -0.15) is 0 Å². The molecule has 0 fully saturated rings. The molecule has 0 bridgehead atoms. The number of aliphatic hydroxyl groups is 1. The molecule has 0 saturated carbocycles. The lowest BCUT2D eigenvalue weighted by Crippen LogP contribution is -1.81. The normalized spacial score (nSPS) is 11.2. The lowest BCUT2D eigenvalue weighted by atomic mass is 10.1. The van der Waals surface area contributed by atoms with Crippen molar-refractivity contribution in [1.29, 1.82) is 0 Å². The van der Waals surface area contributed by atoms with Gasteiger partial charge in [-0.1, -0.05) is 29.8 Å². The first-order valence-corrected chi connectivity index (χ1v) is 3.65. The Balaban J connectivity index is 2.91. The van der Waals surface area contributed by atoms with Gasteiger partial charge in [0.2, 0.25) is 0 Å². The Morgan fingerprint density at radius 1 is 1.33 bits per heavy atom. The largest absolute Gasteiger partial charge is 0.505 e. The van der Waals surface area contributed by atoms with E-state index in [2.05, 4.69) is 0 Å². The summed E-state index contributed by atoms with van der Waals surface area (Å²) in [6, 6.07) is 7.53. The number of aliphatic hydroxyl groups excluding tert-OH is 1. The maximum absolute atomic E-state index is 10.1. The zero-order valence-corrected chi connectivity index (χ0v) is 6.82. The van der Waals surface area contributed by atoms with Gasteiger partial charge in [-0.25, -0.2) is 0 Å². The molecule has 0 aliphatic carbocycles. The molecular weight excluding hydrogens is 152 g/mol. The Morgan fingerprint density at radius 2 is 1.92 bits per heavy atom. The molecule has 1 aromatic rings. The predicted octanol–water partition coefficient (Wildman–Crippen LogP) is 2.09. The molecule has 2 heteroatoms. The van der Waals surface area contributed by atoms with Crippen LogP contribution in [0.1, 0.15) is 11.1 Å². The molecule has 1 N–H and O–H groups in total. The van der Waals surface area contributed by atoms with Gasteiger partial charge in [-0.3, -0.25) is 4.79 Å². The summed E-state index contributed by atoms with van der Waals surface area (Å²) >= 11 is 0. The minimum atomic E-state index is -0.251. The summed E-state index contributed by atoms with van der Waals surface area (Å²) in [7, 11) is 0. The first-order chi connectivity index (χ1) is 5.72. The summed E-state index contributed by atoms with van der Waals surface area (Å²) in [4.78, 5) is 10.1. The zero-order chi connectivity index (χ0) is 8.97. The Morgan fingerprint density at radius 3 is 2.42 bits per heavy atom. The van der Waals surface area contributed by atoms with Crippen LogP contribution in [0.4, 0.5) is 0 Å². The second kappa shape index (κ2) is 3.72. The van der Waals surface area contributed by atoms with Crippen molar-refractivity contribution in [2.45, 2.75) is 6.92 Å². The number of hydrogen-bond acceptors (Lipinski definition) is 2. The van der Waals surface area contributed by atoms with Crippen LogP contribution in [-0.4, -0.2) is 11.4 Å². The number of aldehydes is 1. The van der Waals surface area contributed by atoms with Crippen LogP contribution in [0.15, 0.2) is 30.0 Å². The average Bonchev–Trinajstić information content (AvgIpc) is 2.09. The molecule has 2 nitrogen and oxygen atoms in total. The molecule has 0 aliphatic heterocycles. The maximum Gasteiger partial charge on any atom is 0.184 e. The zero-order valence-electron chi connectivity index (χ0n) is 6.82. The summed E-state index contributed by atoms with van der Waals surface area (Å²) < 4.78 is 0. The molecule has 0 radical (unpaired) electrons. The van der Waals surface area contributed by atoms with Crippen LogP contribution >= 0.6 is 0 Å². The average molecular weight is 162 g/mol. The Labute approximate surface area is 71.2 Å². The van der Waals surface area contributed by atoms with Gasteiger partial charge in [0.25, 0.3) is 0 Å². The highest BCUT2D eigenvalue weighted by atomic mass is 16.3. The fraction of sp³-hybridized carbons (Fsp3) is 0.100.